The van der Waals surface area contributed by atoms with E-state index in [4.69, 9.17) is 26.7 Å². The third-order valence-electron chi connectivity index (χ3n) is 8.88. The number of hydrogen-bond donors (Lipinski definition) is 1. The lowest BCUT2D eigenvalue weighted by Gasteiger charge is -2.31. The van der Waals surface area contributed by atoms with Gasteiger partial charge in [-0.1, -0.05) is 6.07 Å². The molecule has 2 aromatic heterocycles. The minimum Gasteiger partial charge on any atom is -0.378 e. The summed E-state index contributed by atoms with van der Waals surface area (Å²) in [4.78, 5) is 11.8. The minimum absolute atomic E-state index is 0.0655. The Labute approximate surface area is 258 Å². The van der Waals surface area contributed by atoms with Crippen molar-refractivity contribution in [3.63, 3.8) is 0 Å². The molecule has 0 saturated carbocycles. The number of ether oxygens (including phenoxy) is 2. The van der Waals surface area contributed by atoms with Crippen molar-refractivity contribution in [2.75, 3.05) is 67.3 Å². The van der Waals surface area contributed by atoms with Gasteiger partial charge in [-0.25, -0.2) is 0 Å². The van der Waals surface area contributed by atoms with Gasteiger partial charge in [0.25, 0.3) is 0 Å². The fourth-order valence-corrected chi connectivity index (χ4v) is 7.06. The molecule has 5 heterocycles. The molecule has 0 radical (unpaired) electrons. The molecule has 2 atom stereocenters. The normalized spacial score (nSPS) is 20.9. The summed E-state index contributed by atoms with van der Waals surface area (Å²) in [6, 6.07) is 25.9. The van der Waals surface area contributed by atoms with Gasteiger partial charge in [0.15, 0.2) is 5.11 Å². The summed E-state index contributed by atoms with van der Waals surface area (Å²) >= 11 is 6.03. The van der Waals surface area contributed by atoms with E-state index >= 15 is 0 Å². The number of aromatic nitrogens is 2. The standard InChI is InChI=1S/C34H38N6O2S/c1-24-23-30(25(2)39(24)28-10-6-26(7-11-28)37-15-19-41-20-16-37)33-32(31-5-3-4-14-35-31)36-34(43)40(33)29-12-8-27(9-13-29)38-17-21-42-22-18-38/h3-14,23,32-33H,15-22H2,1-2H3,(H,36,43)/t32-,33+/m1/s1. The highest BCUT2D eigenvalue weighted by molar-refractivity contribution is 7.80. The Hall–Kier alpha value is -3.92. The fourth-order valence-electron chi connectivity index (χ4n) is 6.71. The van der Waals surface area contributed by atoms with Crippen molar-refractivity contribution in [1.29, 1.82) is 0 Å². The Balaban J connectivity index is 1.25. The van der Waals surface area contributed by atoms with Gasteiger partial charge in [-0.15, -0.1) is 0 Å². The van der Waals surface area contributed by atoms with Crippen LogP contribution in [0.1, 0.15) is 34.7 Å². The highest BCUT2D eigenvalue weighted by Crippen LogP contribution is 2.44. The zero-order chi connectivity index (χ0) is 29.3. The van der Waals surface area contributed by atoms with Crippen LogP contribution < -0.4 is 20.0 Å². The van der Waals surface area contributed by atoms with Gasteiger partial charge in [0, 0.05) is 66.5 Å². The molecule has 43 heavy (non-hydrogen) atoms. The number of aryl methyl sites for hydroxylation is 1. The first-order valence-corrected chi connectivity index (χ1v) is 15.5. The molecule has 1 N–H and O–H groups in total. The summed E-state index contributed by atoms with van der Waals surface area (Å²) in [6.07, 6.45) is 1.86. The van der Waals surface area contributed by atoms with Crippen LogP contribution >= 0.6 is 12.2 Å². The second kappa shape index (κ2) is 12.0. The highest BCUT2D eigenvalue weighted by Gasteiger charge is 2.42. The number of hydrogen-bond acceptors (Lipinski definition) is 6. The van der Waals surface area contributed by atoms with Crippen LogP contribution in [0.2, 0.25) is 0 Å². The molecule has 4 aromatic rings. The van der Waals surface area contributed by atoms with Crippen molar-refractivity contribution in [3.8, 4) is 5.69 Å². The van der Waals surface area contributed by atoms with Crippen molar-refractivity contribution in [1.82, 2.24) is 14.9 Å². The molecule has 0 bridgehead atoms. The van der Waals surface area contributed by atoms with Gasteiger partial charge in [0.1, 0.15) is 0 Å². The number of nitrogens with one attached hydrogen (secondary N) is 1. The van der Waals surface area contributed by atoms with E-state index in [1.54, 1.807) is 0 Å². The van der Waals surface area contributed by atoms with E-state index in [1.165, 1.54) is 28.3 Å². The molecule has 3 aliphatic heterocycles. The number of rotatable bonds is 6. The molecule has 0 aliphatic carbocycles. The average Bonchev–Trinajstić information content (AvgIpc) is 3.56. The number of benzene rings is 2. The third-order valence-corrected chi connectivity index (χ3v) is 9.19. The van der Waals surface area contributed by atoms with Gasteiger partial charge in [0.05, 0.1) is 44.2 Å². The Morgan fingerprint density at radius 3 is 1.86 bits per heavy atom. The second-order valence-corrected chi connectivity index (χ2v) is 11.8. The van der Waals surface area contributed by atoms with Crippen molar-refractivity contribution in [2.24, 2.45) is 0 Å². The maximum absolute atomic E-state index is 6.03. The van der Waals surface area contributed by atoms with Crippen molar-refractivity contribution >= 4 is 34.4 Å². The number of thiocarbonyl (C=S) groups is 1. The van der Waals surface area contributed by atoms with E-state index in [0.29, 0.717) is 5.11 Å². The maximum atomic E-state index is 6.03. The van der Waals surface area contributed by atoms with Gasteiger partial charge in [0.2, 0.25) is 0 Å². The van der Waals surface area contributed by atoms with E-state index in [0.717, 1.165) is 69.7 Å². The summed E-state index contributed by atoms with van der Waals surface area (Å²) in [5, 5.41) is 4.34. The maximum Gasteiger partial charge on any atom is 0.174 e. The van der Waals surface area contributed by atoms with Crippen molar-refractivity contribution in [2.45, 2.75) is 25.9 Å². The lowest BCUT2D eigenvalue weighted by atomic mass is 9.96. The summed E-state index contributed by atoms with van der Waals surface area (Å²) in [5.41, 5.74) is 9.26. The summed E-state index contributed by atoms with van der Waals surface area (Å²) < 4.78 is 13.5. The van der Waals surface area contributed by atoms with E-state index in [1.807, 2.05) is 18.3 Å². The van der Waals surface area contributed by atoms with Crippen LogP contribution in [0.4, 0.5) is 17.1 Å². The highest BCUT2D eigenvalue weighted by atomic mass is 32.1. The van der Waals surface area contributed by atoms with Crippen LogP contribution in [0.25, 0.3) is 5.69 Å². The quantitative estimate of drug-likeness (QED) is 0.301. The zero-order valence-electron chi connectivity index (χ0n) is 24.8. The van der Waals surface area contributed by atoms with E-state index in [-0.39, 0.29) is 12.1 Å². The molecule has 3 aliphatic rings. The summed E-state index contributed by atoms with van der Waals surface area (Å²) in [6.45, 7) is 11.2. The predicted octanol–water partition coefficient (Wildman–Crippen LogP) is 5.34. The van der Waals surface area contributed by atoms with Crippen LogP contribution in [0, 0.1) is 13.8 Å². The monoisotopic (exact) mass is 594 g/mol. The van der Waals surface area contributed by atoms with Gasteiger partial charge >= 0.3 is 0 Å². The van der Waals surface area contributed by atoms with E-state index in [9.17, 15) is 0 Å². The zero-order valence-corrected chi connectivity index (χ0v) is 25.6. The van der Waals surface area contributed by atoms with E-state index < -0.39 is 0 Å². The fraction of sp³-hybridized carbons (Fsp3) is 0.353. The Morgan fingerprint density at radius 2 is 1.30 bits per heavy atom. The topological polar surface area (TPSA) is 58.0 Å². The van der Waals surface area contributed by atoms with Crippen LogP contribution in [0.15, 0.2) is 79.0 Å². The first kappa shape index (κ1) is 27.9. The van der Waals surface area contributed by atoms with Gasteiger partial charge < -0.3 is 34.1 Å². The predicted molar refractivity (Wildman–Crippen MR) is 176 cm³/mol. The Morgan fingerprint density at radius 1 is 0.744 bits per heavy atom. The van der Waals surface area contributed by atoms with Gasteiger partial charge in [-0.05, 0) is 98.4 Å². The average molecular weight is 595 g/mol. The Kier molecular flexibility index (Phi) is 7.78. The number of nitrogens with zero attached hydrogens (tertiary/aromatic N) is 5. The first-order chi connectivity index (χ1) is 21.1. The molecule has 7 rings (SSSR count). The largest absolute Gasteiger partial charge is 0.378 e. The smallest absolute Gasteiger partial charge is 0.174 e. The van der Waals surface area contributed by atoms with Crippen LogP contribution in [0.3, 0.4) is 0 Å². The second-order valence-electron chi connectivity index (χ2n) is 11.4. The Bertz CT molecular complexity index is 1560. The number of pyridine rings is 1. The molecular weight excluding hydrogens is 556 g/mol. The van der Waals surface area contributed by atoms with Crippen LogP contribution in [0.5, 0.6) is 0 Å². The summed E-state index contributed by atoms with van der Waals surface area (Å²) in [5.74, 6) is 0. The van der Waals surface area contributed by atoms with Gasteiger partial charge in [-0.3, -0.25) is 4.98 Å². The molecular formula is C34H38N6O2S. The molecule has 3 fully saturated rings. The number of anilines is 3. The third kappa shape index (κ3) is 5.37. The summed E-state index contributed by atoms with van der Waals surface area (Å²) in [7, 11) is 0. The molecule has 0 spiro atoms. The van der Waals surface area contributed by atoms with Crippen molar-refractivity contribution in [3.05, 3.63) is 102 Å². The molecule has 2 aromatic carbocycles. The van der Waals surface area contributed by atoms with Gasteiger partial charge in [-0.2, -0.15) is 0 Å². The number of morpholine rings is 2. The molecule has 3 saturated heterocycles. The minimum atomic E-state index is -0.0923. The molecule has 222 valence electrons. The van der Waals surface area contributed by atoms with Crippen LogP contribution in [-0.2, 0) is 9.47 Å². The SMILES string of the molecule is Cc1cc([C@H]2[C@@H](c3ccccn3)NC(=S)N2c2ccc(N3CCOCC3)cc2)c(C)n1-c1ccc(N2CCOCC2)cc1. The molecule has 9 heteroatoms. The van der Waals surface area contributed by atoms with Crippen molar-refractivity contribution < 1.29 is 9.47 Å². The lowest BCUT2D eigenvalue weighted by molar-refractivity contribution is 0.122. The lowest BCUT2D eigenvalue weighted by Crippen LogP contribution is -2.36. The van der Waals surface area contributed by atoms with E-state index in [2.05, 4.69) is 99.1 Å². The van der Waals surface area contributed by atoms with Crippen LogP contribution in [-0.4, -0.2) is 67.3 Å². The molecule has 0 amide bonds. The molecule has 0 unspecified atom stereocenters. The molecule has 8 nitrogen and oxygen atoms in total. The first-order valence-electron chi connectivity index (χ1n) is 15.1.